The number of unbranched alkanes of at least 4 members (excludes halogenated alkanes) is 1. The monoisotopic (exact) mass is 547 g/mol. The highest BCUT2D eigenvalue weighted by Gasteiger charge is 2.18. The molecule has 1 aromatic carbocycles. The molecule has 1 heterocycles. The molecule has 0 saturated carbocycles. The van der Waals surface area contributed by atoms with Gasteiger partial charge in [-0.25, -0.2) is 0 Å². The Kier molecular flexibility index (Phi) is 14.5. The Hall–Kier alpha value is -4.27. The lowest BCUT2D eigenvalue weighted by atomic mass is 10.1. The van der Waals surface area contributed by atoms with Gasteiger partial charge >= 0.3 is 0 Å². The highest BCUT2D eigenvalue weighted by atomic mass is 16.2. The van der Waals surface area contributed by atoms with Gasteiger partial charge in [-0.15, -0.1) is 0 Å². The zero-order chi connectivity index (χ0) is 29.2. The molecule has 0 fully saturated rings. The number of nitrogens with one attached hydrogen (secondary N) is 4. The van der Waals surface area contributed by atoms with E-state index in [0.717, 1.165) is 35.5 Å². The van der Waals surface area contributed by atoms with Crippen LogP contribution in [0.2, 0.25) is 0 Å². The van der Waals surface area contributed by atoms with E-state index in [1.165, 1.54) is 0 Å². The minimum absolute atomic E-state index is 0.140. The second kappa shape index (κ2) is 18.1. The molecular weight excluding hydrogens is 506 g/mol. The molecule has 2 rings (SSSR count). The van der Waals surface area contributed by atoms with Crippen molar-refractivity contribution in [3.05, 3.63) is 70.7 Å². The number of dihydropyridines is 1. The van der Waals surface area contributed by atoms with E-state index in [0.29, 0.717) is 31.5 Å². The summed E-state index contributed by atoms with van der Waals surface area (Å²) in [5.41, 5.74) is 1.29. The summed E-state index contributed by atoms with van der Waals surface area (Å²) in [6.07, 6.45) is 13.9. The van der Waals surface area contributed by atoms with E-state index < -0.39 is 6.04 Å². The van der Waals surface area contributed by atoms with E-state index in [2.05, 4.69) is 32.8 Å². The van der Waals surface area contributed by atoms with Gasteiger partial charge < -0.3 is 21.3 Å². The molecule has 1 aliphatic rings. The van der Waals surface area contributed by atoms with Crippen molar-refractivity contribution in [3.63, 3.8) is 0 Å². The van der Waals surface area contributed by atoms with Gasteiger partial charge in [0.25, 0.3) is 0 Å². The van der Waals surface area contributed by atoms with Crippen molar-refractivity contribution < 1.29 is 19.2 Å². The predicted molar refractivity (Wildman–Crippen MR) is 160 cm³/mol. The maximum Gasteiger partial charge on any atom is 0.247 e. The predicted octanol–water partition coefficient (Wildman–Crippen LogP) is 1.19. The Balaban J connectivity index is 1.66. The van der Waals surface area contributed by atoms with Crippen LogP contribution in [0, 0.1) is 0 Å². The molecule has 1 atom stereocenters. The maximum atomic E-state index is 12.6. The number of allylic oxidation sites excluding steroid dienone is 2. The van der Waals surface area contributed by atoms with E-state index in [-0.39, 0.29) is 36.6 Å². The third-order valence-corrected chi connectivity index (χ3v) is 6.02. The molecule has 9 nitrogen and oxygen atoms in total. The van der Waals surface area contributed by atoms with Crippen molar-refractivity contribution >= 4 is 42.0 Å². The molecule has 214 valence electrons. The summed E-state index contributed by atoms with van der Waals surface area (Å²) in [6, 6.07) is 6.83. The van der Waals surface area contributed by atoms with Gasteiger partial charge in [-0.2, -0.15) is 0 Å². The Labute approximate surface area is 236 Å². The fraction of sp³-hybridized carbons (Fsp3) is 0.387. The molecule has 0 aliphatic carbocycles. The van der Waals surface area contributed by atoms with E-state index in [1.54, 1.807) is 19.1 Å². The van der Waals surface area contributed by atoms with Crippen LogP contribution < -0.4 is 31.7 Å². The Morgan fingerprint density at radius 1 is 1.07 bits per heavy atom. The fourth-order valence-electron chi connectivity index (χ4n) is 3.66. The van der Waals surface area contributed by atoms with Gasteiger partial charge in [0, 0.05) is 25.1 Å². The number of benzene rings is 1. The number of aliphatic imine (C=N–C) groups is 1. The lowest BCUT2D eigenvalue weighted by Gasteiger charge is -2.16. The smallest absolute Gasteiger partial charge is 0.247 e. The van der Waals surface area contributed by atoms with Crippen molar-refractivity contribution in [2.45, 2.75) is 52.0 Å². The summed E-state index contributed by atoms with van der Waals surface area (Å²) in [6.45, 7) is 8.85. The molecule has 1 unspecified atom stereocenters. The van der Waals surface area contributed by atoms with Crippen molar-refractivity contribution in [2.75, 3.05) is 26.2 Å². The Morgan fingerprint density at radius 2 is 1.88 bits per heavy atom. The van der Waals surface area contributed by atoms with Gasteiger partial charge in [-0.05, 0) is 49.1 Å². The first-order valence-electron chi connectivity index (χ1n) is 13.7. The van der Waals surface area contributed by atoms with Gasteiger partial charge in [0.2, 0.25) is 23.6 Å². The molecule has 9 heteroatoms. The third-order valence-electron chi connectivity index (χ3n) is 6.02. The first-order chi connectivity index (χ1) is 19.3. The van der Waals surface area contributed by atoms with Gasteiger partial charge in [-0.3, -0.25) is 24.2 Å². The van der Waals surface area contributed by atoms with Crippen LogP contribution in [0.1, 0.15) is 46.0 Å². The Bertz CT molecular complexity index is 1260. The average molecular weight is 548 g/mol. The van der Waals surface area contributed by atoms with Crippen LogP contribution >= 0.6 is 0 Å². The number of hydrogen-bond donors (Lipinski definition) is 4. The van der Waals surface area contributed by atoms with Crippen molar-refractivity contribution in [3.8, 4) is 0 Å². The fourth-order valence-corrected chi connectivity index (χ4v) is 3.66. The molecule has 0 saturated heterocycles. The molecule has 40 heavy (non-hydrogen) atoms. The SMILES string of the molecule is C=c1cccc/c1=C/C=C(\C)C(=O)NCC(=O)NCCCCC(=O)NC(C=CCC)C(=O)NCC1=NCCC=C1. The summed E-state index contributed by atoms with van der Waals surface area (Å²) < 4.78 is 0. The van der Waals surface area contributed by atoms with Crippen LogP contribution in [-0.4, -0.2) is 61.6 Å². The summed E-state index contributed by atoms with van der Waals surface area (Å²) in [5, 5.41) is 12.7. The molecule has 4 N–H and O–H groups in total. The molecule has 4 amide bonds. The lowest BCUT2D eigenvalue weighted by molar-refractivity contribution is -0.127. The van der Waals surface area contributed by atoms with Gasteiger partial charge in [-0.1, -0.05) is 68.1 Å². The average Bonchev–Trinajstić information content (AvgIpc) is 2.96. The van der Waals surface area contributed by atoms with Crippen LogP contribution in [0.3, 0.4) is 0 Å². The molecule has 0 aromatic heterocycles. The summed E-state index contributed by atoms with van der Waals surface area (Å²) in [5.74, 6) is -1.17. The highest BCUT2D eigenvalue weighted by Crippen LogP contribution is 1.99. The minimum atomic E-state index is -0.757. The third kappa shape index (κ3) is 12.5. The van der Waals surface area contributed by atoms with Crippen LogP contribution in [-0.2, 0) is 19.2 Å². The quantitative estimate of drug-likeness (QED) is 0.149. The first-order valence-corrected chi connectivity index (χ1v) is 13.7. The standard InChI is InChI=1S/C31H41N5O4/c1-4-5-15-27(31(40)34-21-26-14-8-10-19-32-26)36-28(37)16-9-11-20-33-29(38)22-35-30(39)24(3)17-18-25-13-7-6-12-23(25)2/h5-8,12-15,17-18,27H,2,4,9-11,16,19-22H2,1,3H3,(H,33,38)(H,34,40)(H,35,39)(H,36,37)/b15-5?,24-17+,25-18-. The van der Waals surface area contributed by atoms with E-state index in [4.69, 9.17) is 0 Å². The molecule has 0 radical (unpaired) electrons. The summed E-state index contributed by atoms with van der Waals surface area (Å²) in [4.78, 5) is 53.7. The zero-order valence-electron chi connectivity index (χ0n) is 23.5. The van der Waals surface area contributed by atoms with Crippen LogP contribution in [0.5, 0.6) is 0 Å². The van der Waals surface area contributed by atoms with Gasteiger partial charge in [0.1, 0.15) is 6.04 Å². The largest absolute Gasteiger partial charge is 0.355 e. The molecule has 0 bridgehead atoms. The van der Waals surface area contributed by atoms with Crippen LogP contribution in [0.25, 0.3) is 12.7 Å². The van der Waals surface area contributed by atoms with E-state index >= 15 is 0 Å². The van der Waals surface area contributed by atoms with Crippen molar-refractivity contribution in [1.29, 1.82) is 0 Å². The normalized spacial score (nSPS) is 14.4. The number of amides is 4. The van der Waals surface area contributed by atoms with Crippen molar-refractivity contribution in [2.24, 2.45) is 4.99 Å². The molecule has 1 aliphatic heterocycles. The second-order valence-electron chi connectivity index (χ2n) is 9.37. The van der Waals surface area contributed by atoms with E-state index in [9.17, 15) is 19.2 Å². The number of rotatable bonds is 15. The maximum absolute atomic E-state index is 12.6. The highest BCUT2D eigenvalue weighted by molar-refractivity contribution is 6.00. The zero-order valence-corrected chi connectivity index (χ0v) is 23.5. The van der Waals surface area contributed by atoms with Crippen LogP contribution in [0.15, 0.2) is 65.2 Å². The van der Waals surface area contributed by atoms with Crippen LogP contribution in [0.4, 0.5) is 0 Å². The topological polar surface area (TPSA) is 129 Å². The lowest BCUT2D eigenvalue weighted by Crippen LogP contribution is -2.46. The van der Waals surface area contributed by atoms with Gasteiger partial charge in [0.05, 0.1) is 18.8 Å². The number of nitrogens with zero attached hydrogens (tertiary/aromatic N) is 1. The minimum Gasteiger partial charge on any atom is -0.355 e. The number of hydrogen-bond acceptors (Lipinski definition) is 5. The molecular formula is C31H41N5O4. The molecule has 1 aromatic rings. The van der Waals surface area contributed by atoms with E-state index in [1.807, 2.05) is 55.5 Å². The van der Waals surface area contributed by atoms with Gasteiger partial charge in [0.15, 0.2) is 0 Å². The Morgan fingerprint density at radius 3 is 2.60 bits per heavy atom. The number of carbonyl (C=O) groups excluding carboxylic acids is 4. The first kappa shape index (κ1) is 31.9. The van der Waals surface area contributed by atoms with Crippen molar-refractivity contribution in [1.82, 2.24) is 21.3 Å². The summed E-state index contributed by atoms with van der Waals surface area (Å²) >= 11 is 0. The number of carbonyl (C=O) groups is 4. The molecule has 0 spiro atoms. The second-order valence-corrected chi connectivity index (χ2v) is 9.37. The summed E-state index contributed by atoms with van der Waals surface area (Å²) in [7, 11) is 0.